The highest BCUT2D eigenvalue weighted by atomic mass is 16.3. The summed E-state index contributed by atoms with van der Waals surface area (Å²) in [4.78, 5) is 0. The van der Waals surface area contributed by atoms with Crippen molar-refractivity contribution in [2.24, 2.45) is 5.73 Å². The van der Waals surface area contributed by atoms with E-state index in [-0.39, 0.29) is 0 Å². The minimum atomic E-state index is 0.512. The third-order valence-corrected chi connectivity index (χ3v) is 3.37. The molecule has 0 spiro atoms. The molecular weight excluding hydrogens is 202 g/mol. The van der Waals surface area contributed by atoms with Crippen LogP contribution < -0.4 is 5.73 Å². The van der Waals surface area contributed by atoms with E-state index in [1.54, 1.807) is 6.26 Å². The van der Waals surface area contributed by atoms with E-state index in [4.69, 9.17) is 10.2 Å². The number of nitrogens with one attached hydrogen (secondary N) is 1. The van der Waals surface area contributed by atoms with Crippen LogP contribution >= 0.6 is 0 Å². The van der Waals surface area contributed by atoms with Crippen molar-refractivity contribution in [2.75, 3.05) is 0 Å². The van der Waals surface area contributed by atoms with Gasteiger partial charge in [-0.3, -0.25) is 5.10 Å². The molecule has 0 amide bonds. The lowest BCUT2D eigenvalue weighted by atomic mass is 9.81. The maximum absolute atomic E-state index is 5.82. The number of nitrogens with two attached hydrogens (primary N) is 1. The standard InChI is InChI=1S/C12H15N3O/c13-7-9-11(8-3-1-4-8)14-15-12(9)10-5-2-6-16-10/h2,5-6,8H,1,3-4,7,13H2,(H,14,15). The van der Waals surface area contributed by atoms with E-state index in [0.717, 1.165) is 17.0 Å². The van der Waals surface area contributed by atoms with Crippen LogP contribution in [-0.2, 0) is 6.54 Å². The van der Waals surface area contributed by atoms with Gasteiger partial charge in [-0.1, -0.05) is 6.42 Å². The average molecular weight is 217 g/mol. The molecule has 2 aromatic rings. The molecule has 0 atom stereocenters. The highest BCUT2D eigenvalue weighted by Crippen LogP contribution is 2.39. The summed E-state index contributed by atoms with van der Waals surface area (Å²) in [6.45, 7) is 0.512. The van der Waals surface area contributed by atoms with E-state index in [9.17, 15) is 0 Å². The fourth-order valence-electron chi connectivity index (χ4n) is 2.24. The Balaban J connectivity index is 2.02. The smallest absolute Gasteiger partial charge is 0.154 e. The number of furan rings is 1. The first-order chi connectivity index (χ1) is 7.90. The Morgan fingerprint density at radius 1 is 1.50 bits per heavy atom. The van der Waals surface area contributed by atoms with Gasteiger partial charge in [0.1, 0.15) is 5.69 Å². The van der Waals surface area contributed by atoms with E-state index < -0.39 is 0 Å². The van der Waals surface area contributed by atoms with Gasteiger partial charge in [-0.15, -0.1) is 0 Å². The second-order valence-electron chi connectivity index (χ2n) is 4.27. The quantitative estimate of drug-likeness (QED) is 0.829. The second kappa shape index (κ2) is 3.79. The first kappa shape index (κ1) is 9.66. The molecular formula is C12H15N3O. The summed E-state index contributed by atoms with van der Waals surface area (Å²) in [6, 6.07) is 3.78. The van der Waals surface area contributed by atoms with Gasteiger partial charge in [-0.05, 0) is 25.0 Å². The summed E-state index contributed by atoms with van der Waals surface area (Å²) in [5.41, 5.74) is 9.01. The molecule has 0 unspecified atom stereocenters. The molecule has 16 heavy (non-hydrogen) atoms. The Morgan fingerprint density at radius 3 is 2.94 bits per heavy atom. The van der Waals surface area contributed by atoms with Crippen LogP contribution in [0.25, 0.3) is 11.5 Å². The summed E-state index contributed by atoms with van der Waals surface area (Å²) in [7, 11) is 0. The van der Waals surface area contributed by atoms with Crippen molar-refractivity contribution < 1.29 is 4.42 Å². The Bertz CT molecular complexity index is 468. The lowest BCUT2D eigenvalue weighted by Crippen LogP contribution is -2.12. The Hall–Kier alpha value is -1.55. The predicted octanol–water partition coefficient (Wildman–Crippen LogP) is 2.40. The topological polar surface area (TPSA) is 67.8 Å². The summed E-state index contributed by atoms with van der Waals surface area (Å²) in [6.07, 6.45) is 5.46. The van der Waals surface area contributed by atoms with Crippen molar-refractivity contribution in [3.63, 3.8) is 0 Å². The number of hydrogen-bond acceptors (Lipinski definition) is 3. The molecule has 0 radical (unpaired) electrons. The highest BCUT2D eigenvalue weighted by molar-refractivity contribution is 5.58. The third-order valence-electron chi connectivity index (χ3n) is 3.37. The largest absolute Gasteiger partial charge is 0.463 e. The number of aromatic nitrogens is 2. The van der Waals surface area contributed by atoms with E-state index in [1.165, 1.54) is 25.0 Å². The zero-order chi connectivity index (χ0) is 11.0. The van der Waals surface area contributed by atoms with Crippen LogP contribution in [0.1, 0.15) is 36.4 Å². The molecule has 1 fully saturated rings. The van der Waals surface area contributed by atoms with E-state index in [1.807, 2.05) is 12.1 Å². The van der Waals surface area contributed by atoms with Crippen LogP contribution in [0, 0.1) is 0 Å². The van der Waals surface area contributed by atoms with Crippen molar-refractivity contribution in [2.45, 2.75) is 31.7 Å². The zero-order valence-corrected chi connectivity index (χ0v) is 9.07. The number of H-pyrrole nitrogens is 1. The molecule has 84 valence electrons. The van der Waals surface area contributed by atoms with Crippen molar-refractivity contribution in [1.82, 2.24) is 10.2 Å². The minimum Gasteiger partial charge on any atom is -0.463 e. The molecule has 4 heteroatoms. The van der Waals surface area contributed by atoms with Gasteiger partial charge in [-0.2, -0.15) is 5.10 Å². The monoisotopic (exact) mass is 217 g/mol. The molecule has 3 rings (SSSR count). The highest BCUT2D eigenvalue weighted by Gasteiger charge is 2.26. The molecule has 0 saturated heterocycles. The summed E-state index contributed by atoms with van der Waals surface area (Å²) in [5, 5.41) is 7.46. The molecule has 2 heterocycles. The first-order valence-electron chi connectivity index (χ1n) is 5.71. The van der Waals surface area contributed by atoms with Gasteiger partial charge in [0, 0.05) is 23.7 Å². The van der Waals surface area contributed by atoms with Crippen molar-refractivity contribution >= 4 is 0 Å². The van der Waals surface area contributed by atoms with E-state index >= 15 is 0 Å². The summed E-state index contributed by atoms with van der Waals surface area (Å²) in [5.74, 6) is 1.41. The van der Waals surface area contributed by atoms with E-state index in [0.29, 0.717) is 12.5 Å². The van der Waals surface area contributed by atoms with Crippen LogP contribution in [0.5, 0.6) is 0 Å². The van der Waals surface area contributed by atoms with Crippen LogP contribution in [-0.4, -0.2) is 10.2 Å². The molecule has 4 nitrogen and oxygen atoms in total. The third kappa shape index (κ3) is 1.38. The molecule has 1 aliphatic rings. The van der Waals surface area contributed by atoms with Gasteiger partial charge < -0.3 is 10.2 Å². The number of hydrogen-bond donors (Lipinski definition) is 2. The minimum absolute atomic E-state index is 0.512. The second-order valence-corrected chi connectivity index (χ2v) is 4.27. The van der Waals surface area contributed by atoms with Gasteiger partial charge in [0.15, 0.2) is 5.76 Å². The maximum Gasteiger partial charge on any atom is 0.154 e. The summed E-state index contributed by atoms with van der Waals surface area (Å²) >= 11 is 0. The number of nitrogens with zero attached hydrogens (tertiary/aromatic N) is 1. The van der Waals surface area contributed by atoms with Crippen LogP contribution in [0.3, 0.4) is 0 Å². The predicted molar refractivity (Wildman–Crippen MR) is 60.8 cm³/mol. The lowest BCUT2D eigenvalue weighted by molar-refractivity contribution is 0.408. The molecule has 0 aliphatic heterocycles. The van der Waals surface area contributed by atoms with Gasteiger partial charge in [0.05, 0.1) is 6.26 Å². The van der Waals surface area contributed by atoms with Crippen molar-refractivity contribution in [3.8, 4) is 11.5 Å². The zero-order valence-electron chi connectivity index (χ0n) is 9.07. The molecule has 0 bridgehead atoms. The van der Waals surface area contributed by atoms with E-state index in [2.05, 4.69) is 10.2 Å². The van der Waals surface area contributed by atoms with Crippen molar-refractivity contribution in [1.29, 1.82) is 0 Å². The van der Waals surface area contributed by atoms with Crippen LogP contribution in [0.4, 0.5) is 0 Å². The van der Waals surface area contributed by atoms with Gasteiger partial charge in [0.2, 0.25) is 0 Å². The number of aromatic amines is 1. The lowest BCUT2D eigenvalue weighted by Gasteiger charge is -2.25. The SMILES string of the molecule is NCc1c(-c2ccco2)n[nH]c1C1CCC1. The fraction of sp³-hybridized carbons (Fsp3) is 0.417. The Kier molecular flexibility index (Phi) is 2.29. The average Bonchev–Trinajstić information content (AvgIpc) is 2.81. The Morgan fingerprint density at radius 2 is 2.38 bits per heavy atom. The molecule has 0 aromatic carbocycles. The maximum atomic E-state index is 5.82. The fourth-order valence-corrected chi connectivity index (χ4v) is 2.24. The Labute approximate surface area is 93.8 Å². The van der Waals surface area contributed by atoms with Gasteiger partial charge in [-0.25, -0.2) is 0 Å². The number of rotatable bonds is 3. The molecule has 2 aromatic heterocycles. The molecule has 3 N–H and O–H groups in total. The van der Waals surface area contributed by atoms with Crippen molar-refractivity contribution in [3.05, 3.63) is 29.7 Å². The normalized spacial score (nSPS) is 16.3. The van der Waals surface area contributed by atoms with Crippen LogP contribution in [0.15, 0.2) is 22.8 Å². The summed E-state index contributed by atoms with van der Waals surface area (Å²) < 4.78 is 5.37. The molecule has 1 saturated carbocycles. The van der Waals surface area contributed by atoms with Crippen LogP contribution in [0.2, 0.25) is 0 Å². The first-order valence-corrected chi connectivity index (χ1v) is 5.71. The van der Waals surface area contributed by atoms with Gasteiger partial charge >= 0.3 is 0 Å². The molecule has 1 aliphatic carbocycles. The van der Waals surface area contributed by atoms with Gasteiger partial charge in [0.25, 0.3) is 0 Å².